The Kier molecular flexibility index (Phi) is 7.07. The number of rotatable bonds is 8. The first kappa shape index (κ1) is 14.2. The van der Waals surface area contributed by atoms with Gasteiger partial charge in [0.25, 0.3) is 0 Å². The van der Waals surface area contributed by atoms with Gasteiger partial charge in [-0.25, -0.2) is 0 Å². The minimum Gasteiger partial charge on any atom is -0.409 e. The van der Waals surface area contributed by atoms with Gasteiger partial charge in [0.1, 0.15) is 5.84 Å². The lowest BCUT2D eigenvalue weighted by Gasteiger charge is -2.23. The lowest BCUT2D eigenvalue weighted by atomic mass is 9.90. The molecule has 0 saturated heterocycles. The van der Waals surface area contributed by atoms with Gasteiger partial charge >= 0.3 is 0 Å². The summed E-state index contributed by atoms with van der Waals surface area (Å²) in [5, 5.41) is 23.3. The number of aliphatic hydroxyl groups is 1. The monoisotopic (exact) mass is 217 g/mol. The summed E-state index contributed by atoms with van der Waals surface area (Å²) in [6.45, 7) is 6.15. The predicted octanol–water partition coefficient (Wildman–Crippen LogP) is 0.511. The number of hydrogen-bond acceptors (Lipinski definition) is 4. The van der Waals surface area contributed by atoms with E-state index in [1.165, 1.54) is 0 Å². The van der Waals surface area contributed by atoms with E-state index >= 15 is 0 Å². The highest BCUT2D eigenvalue weighted by molar-refractivity contribution is 5.79. The van der Waals surface area contributed by atoms with Gasteiger partial charge < -0.3 is 21.4 Å². The Hall–Kier alpha value is -0.810. The zero-order chi connectivity index (χ0) is 11.7. The third kappa shape index (κ3) is 8.20. The molecule has 0 aliphatic heterocycles. The van der Waals surface area contributed by atoms with Crippen LogP contribution < -0.4 is 11.1 Å². The number of aliphatic hydroxyl groups excluding tert-OH is 1. The van der Waals surface area contributed by atoms with Gasteiger partial charge in [0.2, 0.25) is 0 Å². The summed E-state index contributed by atoms with van der Waals surface area (Å²) in [4.78, 5) is 0. The Morgan fingerprint density at radius 1 is 1.47 bits per heavy atom. The Labute approximate surface area is 91.4 Å². The minimum atomic E-state index is 0.116. The number of nitrogens with one attached hydrogen (secondary N) is 1. The summed E-state index contributed by atoms with van der Waals surface area (Å²) < 4.78 is 0. The van der Waals surface area contributed by atoms with Crippen molar-refractivity contribution in [2.75, 3.05) is 19.7 Å². The molecule has 0 atom stereocenters. The smallest absolute Gasteiger partial charge is 0.139 e. The number of amidine groups is 1. The van der Waals surface area contributed by atoms with Gasteiger partial charge in [0.15, 0.2) is 0 Å². The Balaban J connectivity index is 3.46. The molecular formula is C10H23N3O2. The Bertz CT molecular complexity index is 193. The van der Waals surface area contributed by atoms with E-state index in [4.69, 9.17) is 16.0 Å². The largest absolute Gasteiger partial charge is 0.409 e. The van der Waals surface area contributed by atoms with Gasteiger partial charge in [-0.3, -0.25) is 0 Å². The molecule has 0 bridgehead atoms. The molecule has 0 spiro atoms. The summed E-state index contributed by atoms with van der Waals surface area (Å²) in [6.07, 6.45) is 2.25. The lowest BCUT2D eigenvalue weighted by Crippen LogP contribution is -2.31. The van der Waals surface area contributed by atoms with Crippen LogP contribution in [0.4, 0.5) is 0 Å². The summed E-state index contributed by atoms with van der Waals surface area (Å²) >= 11 is 0. The highest BCUT2D eigenvalue weighted by Crippen LogP contribution is 2.17. The standard InChI is InChI=1S/C10H23N3O2/c1-10(2,5-7-14)8-12-6-3-4-9(11)13-15/h12,14-15H,3-8H2,1-2H3,(H2,11,13). The average molecular weight is 217 g/mol. The SMILES string of the molecule is CC(C)(CCO)CNCCCC(N)=NO. The summed E-state index contributed by atoms with van der Waals surface area (Å²) in [5.74, 6) is 0.270. The van der Waals surface area contributed by atoms with Crippen LogP contribution in [0.2, 0.25) is 0 Å². The molecule has 0 radical (unpaired) electrons. The van der Waals surface area contributed by atoms with Crippen molar-refractivity contribution in [2.45, 2.75) is 33.1 Å². The van der Waals surface area contributed by atoms with Gasteiger partial charge in [-0.05, 0) is 24.8 Å². The molecule has 0 saturated carbocycles. The molecule has 5 heteroatoms. The summed E-state index contributed by atoms with van der Waals surface area (Å²) in [6, 6.07) is 0. The van der Waals surface area contributed by atoms with E-state index in [0.717, 1.165) is 25.9 Å². The quantitative estimate of drug-likeness (QED) is 0.157. The molecule has 0 aromatic heterocycles. The maximum absolute atomic E-state index is 8.82. The van der Waals surface area contributed by atoms with Crippen LogP contribution in [0, 0.1) is 5.41 Å². The van der Waals surface area contributed by atoms with Crippen LogP contribution in [-0.4, -0.2) is 35.8 Å². The molecule has 0 aliphatic rings. The van der Waals surface area contributed by atoms with Gasteiger partial charge in [0, 0.05) is 19.6 Å². The van der Waals surface area contributed by atoms with Gasteiger partial charge in [-0.1, -0.05) is 19.0 Å². The maximum atomic E-state index is 8.82. The van der Waals surface area contributed by atoms with Crippen LogP contribution in [0.15, 0.2) is 5.16 Å². The van der Waals surface area contributed by atoms with E-state index in [1.54, 1.807) is 0 Å². The highest BCUT2D eigenvalue weighted by Gasteiger charge is 2.15. The number of hydrogen-bond donors (Lipinski definition) is 4. The third-order valence-electron chi connectivity index (χ3n) is 2.31. The van der Waals surface area contributed by atoms with Crippen LogP contribution in [0.5, 0.6) is 0 Å². The highest BCUT2D eigenvalue weighted by atomic mass is 16.4. The number of nitrogens with zero attached hydrogens (tertiary/aromatic N) is 1. The molecule has 15 heavy (non-hydrogen) atoms. The number of nitrogens with two attached hydrogens (primary N) is 1. The number of oxime groups is 1. The Morgan fingerprint density at radius 2 is 2.13 bits per heavy atom. The Morgan fingerprint density at radius 3 is 2.67 bits per heavy atom. The minimum absolute atomic E-state index is 0.116. The second-order valence-corrected chi connectivity index (χ2v) is 4.51. The van der Waals surface area contributed by atoms with E-state index in [2.05, 4.69) is 24.3 Å². The molecule has 5 N–H and O–H groups in total. The third-order valence-corrected chi connectivity index (χ3v) is 2.31. The van der Waals surface area contributed by atoms with Crippen molar-refractivity contribution in [1.29, 1.82) is 0 Å². The normalized spacial score (nSPS) is 13.1. The van der Waals surface area contributed by atoms with Crippen LogP contribution in [0.3, 0.4) is 0 Å². The molecule has 0 amide bonds. The van der Waals surface area contributed by atoms with Crippen LogP contribution >= 0.6 is 0 Å². The van der Waals surface area contributed by atoms with E-state index in [-0.39, 0.29) is 17.9 Å². The molecule has 90 valence electrons. The maximum Gasteiger partial charge on any atom is 0.139 e. The zero-order valence-corrected chi connectivity index (χ0v) is 9.66. The topological polar surface area (TPSA) is 90.9 Å². The fraction of sp³-hybridized carbons (Fsp3) is 0.900. The molecule has 0 fully saturated rings. The van der Waals surface area contributed by atoms with E-state index in [9.17, 15) is 0 Å². The van der Waals surface area contributed by atoms with Gasteiger partial charge in [-0.15, -0.1) is 0 Å². The molecule has 0 aromatic carbocycles. The molecule has 0 unspecified atom stereocenters. The second-order valence-electron chi connectivity index (χ2n) is 4.51. The molecule has 5 nitrogen and oxygen atoms in total. The predicted molar refractivity (Wildman–Crippen MR) is 61.0 cm³/mol. The van der Waals surface area contributed by atoms with Crippen molar-refractivity contribution in [1.82, 2.24) is 5.32 Å². The van der Waals surface area contributed by atoms with Crippen LogP contribution in [-0.2, 0) is 0 Å². The van der Waals surface area contributed by atoms with Gasteiger partial charge in [-0.2, -0.15) is 0 Å². The fourth-order valence-electron chi connectivity index (χ4n) is 1.26. The molecule has 0 rings (SSSR count). The molecule has 0 aliphatic carbocycles. The zero-order valence-electron chi connectivity index (χ0n) is 9.66. The summed E-state index contributed by atoms with van der Waals surface area (Å²) in [7, 11) is 0. The second kappa shape index (κ2) is 7.48. The first-order valence-corrected chi connectivity index (χ1v) is 5.30. The van der Waals surface area contributed by atoms with Crippen molar-refractivity contribution in [3.63, 3.8) is 0 Å². The molecule has 0 aromatic rings. The van der Waals surface area contributed by atoms with Crippen molar-refractivity contribution >= 4 is 5.84 Å². The van der Waals surface area contributed by atoms with Crippen molar-refractivity contribution < 1.29 is 10.3 Å². The van der Waals surface area contributed by atoms with Crippen molar-refractivity contribution in [3.8, 4) is 0 Å². The van der Waals surface area contributed by atoms with Crippen molar-refractivity contribution in [2.24, 2.45) is 16.3 Å². The van der Waals surface area contributed by atoms with E-state index in [1.807, 2.05) is 0 Å². The molecular weight excluding hydrogens is 194 g/mol. The first-order valence-electron chi connectivity index (χ1n) is 5.30. The summed E-state index contributed by atoms with van der Waals surface area (Å²) in [5.41, 5.74) is 5.44. The fourth-order valence-corrected chi connectivity index (χ4v) is 1.26. The first-order chi connectivity index (χ1) is 7.02. The van der Waals surface area contributed by atoms with E-state index in [0.29, 0.717) is 6.42 Å². The van der Waals surface area contributed by atoms with E-state index < -0.39 is 0 Å². The average Bonchev–Trinajstić information content (AvgIpc) is 2.16. The van der Waals surface area contributed by atoms with Crippen molar-refractivity contribution in [3.05, 3.63) is 0 Å². The van der Waals surface area contributed by atoms with Gasteiger partial charge in [0.05, 0.1) is 0 Å². The van der Waals surface area contributed by atoms with Crippen LogP contribution in [0.25, 0.3) is 0 Å². The molecule has 0 heterocycles. The van der Waals surface area contributed by atoms with Crippen LogP contribution in [0.1, 0.15) is 33.1 Å². The lowest BCUT2D eigenvalue weighted by molar-refractivity contribution is 0.207.